The first-order chi connectivity index (χ1) is 12.3. The molecule has 2 rings (SSSR count). The van der Waals surface area contributed by atoms with E-state index in [1.54, 1.807) is 7.05 Å². The monoisotopic (exact) mass is 377 g/mol. The van der Waals surface area contributed by atoms with E-state index in [9.17, 15) is 8.42 Å². The molecule has 0 saturated carbocycles. The first-order valence-corrected chi connectivity index (χ1v) is 10.0. The Kier molecular flexibility index (Phi) is 6.82. The van der Waals surface area contributed by atoms with Crippen molar-refractivity contribution in [2.45, 2.75) is 18.8 Å². The van der Waals surface area contributed by atoms with Crippen LogP contribution in [0.4, 0.5) is 0 Å². The van der Waals surface area contributed by atoms with Crippen LogP contribution in [0.3, 0.4) is 0 Å². The predicted molar refractivity (Wildman–Crippen MR) is 105 cm³/mol. The molecule has 142 valence electrons. The number of aryl methyl sites for hydroxylation is 1. The van der Waals surface area contributed by atoms with Crippen molar-refractivity contribution in [1.82, 2.24) is 19.5 Å². The average Bonchev–Trinajstić information content (AvgIpc) is 3.01. The minimum atomic E-state index is -3.25. The van der Waals surface area contributed by atoms with Gasteiger partial charge in [0.1, 0.15) is 0 Å². The Hall–Kier alpha value is -2.32. The third kappa shape index (κ3) is 5.60. The van der Waals surface area contributed by atoms with Crippen LogP contribution in [-0.4, -0.2) is 45.0 Å². The number of hydrogen-bond acceptors (Lipinski definition) is 3. The van der Waals surface area contributed by atoms with Gasteiger partial charge in [0.05, 0.1) is 12.3 Å². The van der Waals surface area contributed by atoms with E-state index < -0.39 is 10.0 Å². The number of nitrogens with one attached hydrogen (secondary N) is 2. The number of aliphatic imine (C=N–C) groups is 1. The van der Waals surface area contributed by atoms with Crippen LogP contribution < -0.4 is 10.0 Å². The van der Waals surface area contributed by atoms with Gasteiger partial charge in [0.25, 0.3) is 0 Å². The van der Waals surface area contributed by atoms with Crippen molar-refractivity contribution in [2.24, 2.45) is 12.0 Å². The second kappa shape index (κ2) is 8.86. The maximum atomic E-state index is 11.6. The Morgan fingerprint density at radius 3 is 2.38 bits per heavy atom. The van der Waals surface area contributed by atoms with Crippen molar-refractivity contribution in [3.05, 3.63) is 59.4 Å². The Morgan fingerprint density at radius 2 is 1.85 bits per heavy atom. The van der Waals surface area contributed by atoms with E-state index in [0.29, 0.717) is 6.54 Å². The highest BCUT2D eigenvalue weighted by molar-refractivity contribution is 7.88. The summed E-state index contributed by atoms with van der Waals surface area (Å²) in [7, 11) is 3.95. The molecule has 0 aliphatic carbocycles. The molecule has 1 aromatic carbocycles. The van der Waals surface area contributed by atoms with Gasteiger partial charge >= 0.3 is 0 Å². The van der Waals surface area contributed by atoms with Crippen LogP contribution in [0.1, 0.15) is 16.8 Å². The minimum Gasteiger partial charge on any atom is -0.353 e. The first-order valence-electron chi connectivity index (χ1n) is 8.35. The molecule has 1 heterocycles. The van der Waals surface area contributed by atoms with Crippen molar-refractivity contribution >= 4 is 16.0 Å². The van der Waals surface area contributed by atoms with E-state index >= 15 is 0 Å². The van der Waals surface area contributed by atoms with Gasteiger partial charge in [0.2, 0.25) is 10.0 Å². The van der Waals surface area contributed by atoms with Crippen LogP contribution in [0.15, 0.2) is 47.6 Å². The topological polar surface area (TPSA) is 78.7 Å². The lowest BCUT2D eigenvalue weighted by Crippen LogP contribution is -2.38. The van der Waals surface area contributed by atoms with Crippen LogP contribution in [0, 0.1) is 0 Å². The summed E-state index contributed by atoms with van der Waals surface area (Å²) >= 11 is 0. The molecule has 7 nitrogen and oxygen atoms in total. The summed E-state index contributed by atoms with van der Waals surface area (Å²) in [5, 5.41) is 3.33. The first kappa shape index (κ1) is 20.0. The highest BCUT2D eigenvalue weighted by Crippen LogP contribution is 2.08. The molecule has 0 unspecified atom stereocenters. The van der Waals surface area contributed by atoms with Gasteiger partial charge < -0.3 is 14.8 Å². The quantitative estimate of drug-likeness (QED) is 0.563. The number of nitrogens with zero attached hydrogens (tertiary/aromatic N) is 3. The third-order valence-electron chi connectivity index (χ3n) is 4.17. The zero-order valence-electron chi connectivity index (χ0n) is 15.7. The van der Waals surface area contributed by atoms with Crippen molar-refractivity contribution < 1.29 is 8.42 Å². The molecule has 26 heavy (non-hydrogen) atoms. The van der Waals surface area contributed by atoms with Gasteiger partial charge in [0, 0.05) is 39.6 Å². The molecule has 1 aromatic heterocycles. The Labute approximate surface area is 155 Å². The van der Waals surface area contributed by atoms with E-state index in [1.807, 2.05) is 50.6 Å². The van der Waals surface area contributed by atoms with Crippen LogP contribution >= 0.6 is 0 Å². The molecule has 2 N–H and O–H groups in total. The normalized spacial score (nSPS) is 12.2. The van der Waals surface area contributed by atoms with Crippen molar-refractivity contribution in [3.63, 3.8) is 0 Å². The van der Waals surface area contributed by atoms with Gasteiger partial charge in [-0.3, -0.25) is 4.99 Å². The fraction of sp³-hybridized carbons (Fsp3) is 0.389. The summed E-state index contributed by atoms with van der Waals surface area (Å²) in [6.07, 6.45) is 2.02. The highest BCUT2D eigenvalue weighted by atomic mass is 32.2. The summed E-state index contributed by atoms with van der Waals surface area (Å²) < 4.78 is 27.6. The molecule has 0 radical (unpaired) electrons. The molecule has 0 saturated heterocycles. The lowest BCUT2D eigenvalue weighted by Gasteiger charge is -2.22. The zero-order chi connectivity index (χ0) is 19.2. The second-order valence-electron chi connectivity index (χ2n) is 6.15. The van der Waals surface area contributed by atoms with E-state index in [-0.39, 0.29) is 5.75 Å². The summed E-state index contributed by atoms with van der Waals surface area (Å²) in [5.41, 5.74) is 3.02. The van der Waals surface area contributed by atoms with Crippen LogP contribution in [0.25, 0.3) is 0 Å². The van der Waals surface area contributed by atoms with Crippen LogP contribution in [-0.2, 0) is 35.9 Å². The fourth-order valence-electron chi connectivity index (χ4n) is 2.59. The molecule has 0 fully saturated rings. The number of hydrogen-bond donors (Lipinski definition) is 2. The smallest absolute Gasteiger partial charge is 0.215 e. The fourth-order valence-corrected chi connectivity index (χ4v) is 3.37. The summed E-state index contributed by atoms with van der Waals surface area (Å²) in [6, 6.07) is 11.6. The largest absolute Gasteiger partial charge is 0.353 e. The molecular formula is C18H27N5O2S. The Bertz CT molecular complexity index is 841. The summed E-state index contributed by atoms with van der Waals surface area (Å²) in [5.74, 6) is 0.784. The maximum Gasteiger partial charge on any atom is 0.215 e. The molecule has 0 amide bonds. The van der Waals surface area contributed by atoms with Crippen molar-refractivity contribution in [3.8, 4) is 0 Å². The van der Waals surface area contributed by atoms with Gasteiger partial charge in [-0.1, -0.05) is 24.3 Å². The number of sulfonamides is 1. The molecule has 0 aliphatic heterocycles. The summed E-state index contributed by atoms with van der Waals surface area (Å²) in [4.78, 5) is 6.38. The molecule has 0 spiro atoms. The SMILES string of the molecule is CN=C(NCc1ccc(CS(=O)(=O)NC)cc1)N(C)Cc1cccn1C. The second-order valence-corrected chi connectivity index (χ2v) is 8.07. The zero-order valence-corrected chi connectivity index (χ0v) is 16.5. The van der Waals surface area contributed by atoms with Crippen molar-refractivity contribution in [1.29, 1.82) is 0 Å². The van der Waals surface area contributed by atoms with E-state index in [1.165, 1.54) is 12.7 Å². The molecule has 2 aromatic rings. The summed E-state index contributed by atoms with van der Waals surface area (Å²) in [6.45, 7) is 1.37. The van der Waals surface area contributed by atoms with Crippen LogP contribution in [0.2, 0.25) is 0 Å². The highest BCUT2D eigenvalue weighted by Gasteiger charge is 2.10. The molecule has 8 heteroatoms. The van der Waals surface area contributed by atoms with Gasteiger partial charge in [0.15, 0.2) is 5.96 Å². The average molecular weight is 378 g/mol. The van der Waals surface area contributed by atoms with Gasteiger partial charge in [-0.05, 0) is 30.3 Å². The lowest BCUT2D eigenvalue weighted by molar-refractivity contribution is 0.461. The van der Waals surface area contributed by atoms with Crippen molar-refractivity contribution in [2.75, 3.05) is 21.1 Å². The number of guanidine groups is 1. The number of rotatable bonds is 7. The van der Waals surface area contributed by atoms with Gasteiger partial charge in [-0.2, -0.15) is 0 Å². The van der Waals surface area contributed by atoms with Crippen LogP contribution in [0.5, 0.6) is 0 Å². The standard InChI is InChI=1S/C18H27N5O2S/c1-19-18(23(4)13-17-6-5-11-22(17)3)21-12-15-7-9-16(10-8-15)14-26(24,25)20-2/h5-11,20H,12-14H2,1-4H3,(H,19,21). The number of benzene rings is 1. The molecule has 0 bridgehead atoms. The maximum absolute atomic E-state index is 11.6. The molecule has 0 aliphatic rings. The van der Waals surface area contributed by atoms with E-state index in [4.69, 9.17) is 0 Å². The Balaban J connectivity index is 1.93. The lowest BCUT2D eigenvalue weighted by atomic mass is 10.1. The third-order valence-corrected chi connectivity index (χ3v) is 5.50. The van der Waals surface area contributed by atoms with Gasteiger partial charge in [-0.15, -0.1) is 0 Å². The number of aromatic nitrogens is 1. The molecule has 0 atom stereocenters. The predicted octanol–water partition coefficient (Wildman–Crippen LogP) is 1.28. The Morgan fingerprint density at radius 1 is 1.19 bits per heavy atom. The minimum absolute atomic E-state index is 0.0156. The molecular weight excluding hydrogens is 350 g/mol. The van der Waals surface area contributed by atoms with E-state index in [2.05, 4.69) is 30.6 Å². The van der Waals surface area contributed by atoms with E-state index in [0.717, 1.165) is 23.6 Å². The van der Waals surface area contributed by atoms with Gasteiger partial charge in [-0.25, -0.2) is 13.1 Å².